The van der Waals surface area contributed by atoms with Crippen molar-refractivity contribution < 1.29 is 23.8 Å². The topological polar surface area (TPSA) is 61.8 Å². The van der Waals surface area contributed by atoms with Gasteiger partial charge in [0.05, 0.1) is 26.2 Å². The molecule has 1 fully saturated rings. The molecule has 2 atom stereocenters. The number of esters is 1. The first-order chi connectivity index (χ1) is 16.0. The number of carbonyl (C=O) groups is 2. The number of rotatable bonds is 6. The summed E-state index contributed by atoms with van der Waals surface area (Å²) in [6.45, 7) is 2.06. The smallest absolute Gasteiger partial charge is 0.334 e. The predicted octanol–water partition coefficient (Wildman–Crippen LogP) is 5.07. The van der Waals surface area contributed by atoms with E-state index in [1.165, 1.54) is 0 Å². The van der Waals surface area contributed by atoms with E-state index in [-0.39, 0.29) is 18.3 Å². The SMILES string of the molecule is CCOC(=O)C1=CC[C@H](c2ccc(OC)cc2)[C@@]12CSC/C(=C\c1ccc(OC)cc1)C2=O. The highest BCUT2D eigenvalue weighted by Gasteiger charge is 2.56. The van der Waals surface area contributed by atoms with Gasteiger partial charge in [0.25, 0.3) is 0 Å². The van der Waals surface area contributed by atoms with Crippen molar-refractivity contribution in [3.05, 3.63) is 76.9 Å². The highest BCUT2D eigenvalue weighted by Crippen LogP contribution is 2.56. The molecular formula is C27H28O5S. The minimum Gasteiger partial charge on any atom is -0.497 e. The van der Waals surface area contributed by atoms with Crippen LogP contribution >= 0.6 is 11.8 Å². The Morgan fingerprint density at radius 1 is 1.06 bits per heavy atom. The molecule has 1 saturated heterocycles. The first kappa shape index (κ1) is 23.2. The molecular weight excluding hydrogens is 436 g/mol. The summed E-state index contributed by atoms with van der Waals surface area (Å²) in [7, 11) is 3.26. The van der Waals surface area contributed by atoms with Crippen molar-refractivity contribution in [2.24, 2.45) is 5.41 Å². The Bertz CT molecular complexity index is 1080. The maximum Gasteiger partial charge on any atom is 0.334 e. The molecule has 33 heavy (non-hydrogen) atoms. The third-order valence-corrected chi connectivity index (χ3v) is 7.56. The monoisotopic (exact) mass is 464 g/mol. The highest BCUT2D eigenvalue weighted by atomic mass is 32.2. The zero-order valence-electron chi connectivity index (χ0n) is 19.1. The fourth-order valence-corrected chi connectivity index (χ4v) is 6.09. The molecule has 2 aliphatic rings. The Balaban J connectivity index is 1.76. The molecule has 0 N–H and O–H groups in total. The lowest BCUT2D eigenvalue weighted by Gasteiger charge is -2.40. The summed E-state index contributed by atoms with van der Waals surface area (Å²) in [6, 6.07) is 15.4. The van der Waals surface area contributed by atoms with E-state index in [4.69, 9.17) is 14.2 Å². The van der Waals surface area contributed by atoms with E-state index in [1.54, 1.807) is 32.9 Å². The van der Waals surface area contributed by atoms with Gasteiger partial charge in [-0.15, -0.1) is 0 Å². The van der Waals surface area contributed by atoms with Crippen molar-refractivity contribution in [3.63, 3.8) is 0 Å². The largest absolute Gasteiger partial charge is 0.497 e. The van der Waals surface area contributed by atoms with Crippen LogP contribution in [0.4, 0.5) is 0 Å². The summed E-state index contributed by atoms with van der Waals surface area (Å²) >= 11 is 1.69. The van der Waals surface area contributed by atoms with Crippen LogP contribution in [0.2, 0.25) is 0 Å². The van der Waals surface area contributed by atoms with Gasteiger partial charge in [0.1, 0.15) is 11.5 Å². The fourth-order valence-electron chi connectivity index (χ4n) is 4.74. The molecule has 1 aliphatic carbocycles. The molecule has 1 spiro atoms. The Morgan fingerprint density at radius 3 is 2.30 bits per heavy atom. The lowest BCUT2D eigenvalue weighted by Crippen LogP contribution is -2.45. The minimum absolute atomic E-state index is 0.00897. The van der Waals surface area contributed by atoms with Crippen LogP contribution in [0.25, 0.3) is 6.08 Å². The van der Waals surface area contributed by atoms with Gasteiger partial charge in [-0.25, -0.2) is 4.79 Å². The molecule has 0 radical (unpaired) electrons. The van der Waals surface area contributed by atoms with E-state index in [1.807, 2.05) is 60.7 Å². The summed E-state index contributed by atoms with van der Waals surface area (Å²) in [5.74, 6) is 2.16. The predicted molar refractivity (Wildman–Crippen MR) is 131 cm³/mol. The average molecular weight is 465 g/mol. The van der Waals surface area contributed by atoms with Gasteiger partial charge in [-0.1, -0.05) is 30.3 Å². The van der Waals surface area contributed by atoms with E-state index >= 15 is 0 Å². The van der Waals surface area contributed by atoms with Gasteiger partial charge in [-0.05, 0) is 54.8 Å². The van der Waals surface area contributed by atoms with Crippen LogP contribution in [0.15, 0.2) is 65.8 Å². The number of benzene rings is 2. The van der Waals surface area contributed by atoms with Crippen LogP contribution < -0.4 is 9.47 Å². The number of hydrogen-bond donors (Lipinski definition) is 0. The molecule has 0 unspecified atom stereocenters. The standard InChI is InChI=1S/C27H28O5S/c1-4-32-26(29)24-14-13-23(19-7-11-22(31-3)12-8-19)27(24)17-33-16-20(25(27)28)15-18-5-9-21(30-2)10-6-18/h5-12,14-15,23H,4,13,16-17H2,1-3H3/b20-15+/t23-,27+/m1/s1. The van der Waals surface area contributed by atoms with E-state index in [2.05, 4.69) is 0 Å². The van der Waals surface area contributed by atoms with Crippen molar-refractivity contribution in [2.45, 2.75) is 19.3 Å². The zero-order valence-corrected chi connectivity index (χ0v) is 19.9. The lowest BCUT2D eigenvalue weighted by atomic mass is 9.67. The summed E-state index contributed by atoms with van der Waals surface area (Å²) < 4.78 is 15.9. The van der Waals surface area contributed by atoms with Crippen molar-refractivity contribution in [3.8, 4) is 11.5 Å². The van der Waals surface area contributed by atoms with Gasteiger partial charge in [0, 0.05) is 28.6 Å². The molecule has 5 nitrogen and oxygen atoms in total. The van der Waals surface area contributed by atoms with Crippen molar-refractivity contribution >= 4 is 29.6 Å². The molecule has 2 aromatic rings. The number of ether oxygens (including phenoxy) is 3. The Kier molecular flexibility index (Phi) is 6.94. The second-order valence-electron chi connectivity index (χ2n) is 8.14. The summed E-state index contributed by atoms with van der Waals surface area (Å²) in [5, 5.41) is 0. The van der Waals surface area contributed by atoms with Crippen LogP contribution in [-0.2, 0) is 14.3 Å². The normalized spacial score (nSPS) is 23.5. The van der Waals surface area contributed by atoms with Crippen LogP contribution in [0, 0.1) is 5.41 Å². The third-order valence-electron chi connectivity index (χ3n) is 6.39. The number of carbonyl (C=O) groups excluding carboxylic acids is 2. The maximum atomic E-state index is 14.1. The minimum atomic E-state index is -0.942. The van der Waals surface area contributed by atoms with Crippen LogP contribution in [-0.4, -0.2) is 44.1 Å². The van der Waals surface area contributed by atoms with E-state index in [0.717, 1.165) is 22.6 Å². The van der Waals surface area contributed by atoms with Crippen molar-refractivity contribution in [1.29, 1.82) is 0 Å². The Morgan fingerprint density at radius 2 is 1.70 bits per heavy atom. The number of hydrogen-bond acceptors (Lipinski definition) is 6. The number of ketones is 1. The molecule has 1 heterocycles. The molecule has 0 bridgehead atoms. The second-order valence-corrected chi connectivity index (χ2v) is 9.12. The van der Waals surface area contributed by atoms with Crippen molar-refractivity contribution in [2.75, 3.05) is 32.3 Å². The van der Waals surface area contributed by atoms with Gasteiger partial charge in [-0.3, -0.25) is 4.79 Å². The zero-order chi connectivity index (χ0) is 23.4. The third kappa shape index (κ3) is 4.32. The number of methoxy groups -OCH3 is 2. The summed E-state index contributed by atoms with van der Waals surface area (Å²) in [5.41, 5.74) is 2.21. The average Bonchev–Trinajstić information content (AvgIpc) is 3.22. The quantitative estimate of drug-likeness (QED) is 0.440. The number of Topliss-reactive ketones (excluding diaryl/α,β-unsaturated/α-hetero) is 1. The lowest BCUT2D eigenvalue weighted by molar-refractivity contribution is -0.141. The van der Waals surface area contributed by atoms with Gasteiger partial charge in [-0.2, -0.15) is 11.8 Å². The molecule has 1 aliphatic heterocycles. The van der Waals surface area contributed by atoms with Gasteiger partial charge in [0.2, 0.25) is 0 Å². The Hall–Kier alpha value is -2.99. The number of thioether (sulfide) groups is 1. The van der Waals surface area contributed by atoms with E-state index < -0.39 is 11.4 Å². The van der Waals surface area contributed by atoms with Crippen LogP contribution in [0.5, 0.6) is 11.5 Å². The molecule has 6 heteroatoms. The molecule has 0 aromatic heterocycles. The maximum absolute atomic E-state index is 14.1. The molecule has 172 valence electrons. The Labute approximate surface area is 198 Å². The molecule has 4 rings (SSSR count). The first-order valence-electron chi connectivity index (χ1n) is 11.0. The van der Waals surface area contributed by atoms with Gasteiger partial charge in [0.15, 0.2) is 5.78 Å². The van der Waals surface area contributed by atoms with Crippen LogP contribution in [0.3, 0.4) is 0 Å². The summed E-state index contributed by atoms with van der Waals surface area (Å²) in [4.78, 5) is 27.1. The highest BCUT2D eigenvalue weighted by molar-refractivity contribution is 7.99. The first-order valence-corrected chi connectivity index (χ1v) is 12.2. The summed E-state index contributed by atoms with van der Waals surface area (Å²) in [6.07, 6.45) is 4.45. The molecule has 0 amide bonds. The fraction of sp³-hybridized carbons (Fsp3) is 0.333. The molecule has 0 saturated carbocycles. The number of allylic oxidation sites excluding steroid dienone is 1. The second kappa shape index (κ2) is 9.87. The van der Waals surface area contributed by atoms with Crippen molar-refractivity contribution in [1.82, 2.24) is 0 Å². The van der Waals surface area contributed by atoms with E-state index in [9.17, 15) is 9.59 Å². The van der Waals surface area contributed by atoms with Gasteiger partial charge >= 0.3 is 5.97 Å². The van der Waals surface area contributed by atoms with Gasteiger partial charge < -0.3 is 14.2 Å². The van der Waals surface area contributed by atoms with E-state index in [0.29, 0.717) is 29.1 Å². The van der Waals surface area contributed by atoms with Crippen LogP contribution in [0.1, 0.15) is 30.4 Å². The molecule has 2 aromatic carbocycles.